The summed E-state index contributed by atoms with van der Waals surface area (Å²) in [4.78, 5) is 72.4. The van der Waals surface area contributed by atoms with E-state index in [0.29, 0.717) is 35.9 Å². The van der Waals surface area contributed by atoms with Crippen LogP contribution in [0.3, 0.4) is 0 Å². The van der Waals surface area contributed by atoms with Gasteiger partial charge in [0.2, 0.25) is 0 Å². The highest BCUT2D eigenvalue weighted by Gasteiger charge is 2.38. The molecule has 14 heteroatoms. The fraction of sp³-hybridized carbons (Fsp3) is 0.231. The number of carbonyl (C=O) groups excluding carboxylic acids is 4. The summed E-state index contributed by atoms with van der Waals surface area (Å²) in [5, 5.41) is 5.43. The van der Waals surface area contributed by atoms with E-state index in [-0.39, 0.29) is 23.9 Å². The first-order valence-electron chi connectivity index (χ1n) is 22.1. The van der Waals surface area contributed by atoms with Crippen LogP contribution < -0.4 is 10.6 Å². The Bertz CT molecular complexity index is 2600. The van der Waals surface area contributed by atoms with Crippen LogP contribution in [0.1, 0.15) is 72.6 Å². The van der Waals surface area contributed by atoms with Gasteiger partial charge in [0.05, 0.1) is 37.7 Å². The van der Waals surface area contributed by atoms with Gasteiger partial charge in [-0.2, -0.15) is 0 Å². The second-order valence-electron chi connectivity index (χ2n) is 16.4. The van der Waals surface area contributed by atoms with Crippen LogP contribution in [0.4, 0.5) is 9.59 Å². The number of nitrogens with one attached hydrogen (secondary N) is 4. The highest BCUT2D eigenvalue weighted by molar-refractivity contribution is 5.88. The summed E-state index contributed by atoms with van der Waals surface area (Å²) in [7, 11) is 2.57. The topological polar surface area (TPSA) is 175 Å². The molecule has 9 rings (SSSR count). The van der Waals surface area contributed by atoms with Crippen molar-refractivity contribution in [2.45, 2.75) is 49.9 Å². The minimum Gasteiger partial charge on any atom is -0.453 e. The molecule has 5 aromatic carbocycles. The first-order valence-corrected chi connectivity index (χ1v) is 22.1. The number of likely N-dealkylation sites (tertiary alicyclic amines) is 2. The first-order chi connectivity index (χ1) is 32.3. The molecule has 0 spiro atoms. The fourth-order valence-electron chi connectivity index (χ4n) is 9.01. The van der Waals surface area contributed by atoms with E-state index in [1.54, 1.807) is 9.80 Å². The molecule has 7 aromatic rings. The molecule has 2 aliphatic rings. The Morgan fingerprint density at radius 1 is 0.515 bits per heavy atom. The van der Waals surface area contributed by atoms with Crippen molar-refractivity contribution in [2.75, 3.05) is 27.3 Å². The quantitative estimate of drug-likeness (QED) is 0.0939. The largest absolute Gasteiger partial charge is 0.453 e. The summed E-state index contributed by atoms with van der Waals surface area (Å²) in [5.74, 6) is 0.989. The number of benzene rings is 5. The molecule has 334 valence electrons. The van der Waals surface area contributed by atoms with Gasteiger partial charge in [0.15, 0.2) is 0 Å². The average Bonchev–Trinajstić information content (AvgIpc) is 4.23. The van der Waals surface area contributed by atoms with Gasteiger partial charge in [-0.3, -0.25) is 9.59 Å². The molecule has 14 nitrogen and oxygen atoms in total. The van der Waals surface area contributed by atoms with Crippen molar-refractivity contribution >= 4 is 24.0 Å². The smallest absolute Gasteiger partial charge is 0.407 e. The van der Waals surface area contributed by atoms with Crippen molar-refractivity contribution in [3.05, 3.63) is 169 Å². The minimum atomic E-state index is -0.880. The lowest BCUT2D eigenvalue weighted by Gasteiger charge is -2.28. The number of hydrogen-bond donors (Lipinski definition) is 4. The van der Waals surface area contributed by atoms with E-state index in [0.717, 1.165) is 70.5 Å². The van der Waals surface area contributed by atoms with Crippen LogP contribution in [-0.2, 0) is 19.1 Å². The van der Waals surface area contributed by atoms with Crippen molar-refractivity contribution in [2.24, 2.45) is 0 Å². The summed E-state index contributed by atoms with van der Waals surface area (Å²) in [5.41, 5.74) is 9.13. The van der Waals surface area contributed by atoms with E-state index in [4.69, 9.17) is 19.4 Å². The average molecular weight is 883 g/mol. The van der Waals surface area contributed by atoms with E-state index in [9.17, 15) is 19.2 Å². The van der Waals surface area contributed by atoms with Crippen LogP contribution in [-0.4, -0.2) is 81.0 Å². The summed E-state index contributed by atoms with van der Waals surface area (Å²) in [6.07, 6.45) is 5.56. The zero-order chi connectivity index (χ0) is 45.6. The van der Waals surface area contributed by atoms with E-state index < -0.39 is 24.3 Å². The van der Waals surface area contributed by atoms with E-state index in [2.05, 4.69) is 93.4 Å². The summed E-state index contributed by atoms with van der Waals surface area (Å²) in [6, 6.07) is 41.1. The van der Waals surface area contributed by atoms with Gasteiger partial charge in [-0.25, -0.2) is 19.6 Å². The Hall–Kier alpha value is -8.00. The van der Waals surface area contributed by atoms with Crippen molar-refractivity contribution < 1.29 is 28.7 Å². The van der Waals surface area contributed by atoms with E-state index in [1.807, 2.05) is 73.1 Å². The van der Waals surface area contributed by atoms with Crippen molar-refractivity contribution in [3.8, 4) is 44.8 Å². The number of imidazole rings is 2. The molecule has 0 aliphatic carbocycles. The third-order valence-corrected chi connectivity index (χ3v) is 12.5. The molecular weight excluding hydrogens is 833 g/mol. The predicted octanol–water partition coefficient (Wildman–Crippen LogP) is 9.32. The van der Waals surface area contributed by atoms with Gasteiger partial charge in [-0.1, -0.05) is 133 Å². The SMILES string of the molecule is COC(=O)N[C@@H](C(=O)N1CCC[C@H]1c1nc(-c2ccc(-c3ccc(-c4ccc(-c5c[nH]c([C@@H]6CCCN6C(=O)[C@H](NC(=O)OC)c6ccccc6)n5)cc4)cc3)cc2)c[nH]1)c1ccccc1. The maximum atomic E-state index is 13.9. The second-order valence-corrected chi connectivity index (χ2v) is 16.4. The third kappa shape index (κ3) is 9.16. The molecule has 2 saturated heterocycles. The molecule has 0 bridgehead atoms. The van der Waals surface area contributed by atoms with Crippen molar-refractivity contribution in [1.29, 1.82) is 0 Å². The van der Waals surface area contributed by atoms with Crippen molar-refractivity contribution in [1.82, 2.24) is 40.4 Å². The molecule has 0 saturated carbocycles. The van der Waals surface area contributed by atoms with Crippen LogP contribution in [0.2, 0.25) is 0 Å². The number of amides is 4. The van der Waals surface area contributed by atoms with Gasteiger partial charge in [0.1, 0.15) is 23.7 Å². The first kappa shape index (κ1) is 43.3. The maximum Gasteiger partial charge on any atom is 0.407 e. The Balaban J connectivity index is 0.835. The number of alkyl carbamates (subject to hydrolysis) is 2. The number of methoxy groups -OCH3 is 2. The Morgan fingerprint density at radius 2 is 0.848 bits per heavy atom. The lowest BCUT2D eigenvalue weighted by atomic mass is 9.98. The van der Waals surface area contributed by atoms with Crippen LogP contribution in [0.5, 0.6) is 0 Å². The number of aromatic nitrogens is 4. The number of hydrogen-bond acceptors (Lipinski definition) is 8. The zero-order valence-electron chi connectivity index (χ0n) is 36.6. The van der Waals surface area contributed by atoms with Crippen LogP contribution >= 0.6 is 0 Å². The van der Waals surface area contributed by atoms with Crippen LogP contribution in [0, 0.1) is 0 Å². The number of rotatable bonds is 12. The monoisotopic (exact) mass is 882 g/mol. The molecule has 2 fully saturated rings. The number of H-pyrrole nitrogens is 2. The highest BCUT2D eigenvalue weighted by atomic mass is 16.5. The normalized spacial score (nSPS) is 16.6. The van der Waals surface area contributed by atoms with Crippen molar-refractivity contribution in [3.63, 3.8) is 0 Å². The fourth-order valence-corrected chi connectivity index (χ4v) is 9.01. The summed E-state index contributed by atoms with van der Waals surface area (Å²) >= 11 is 0. The number of carbonyl (C=O) groups is 4. The molecule has 0 radical (unpaired) electrons. The Morgan fingerprint density at radius 3 is 1.18 bits per heavy atom. The van der Waals surface area contributed by atoms with Crippen LogP contribution in [0.25, 0.3) is 44.8 Å². The van der Waals surface area contributed by atoms with Crippen LogP contribution in [0.15, 0.2) is 146 Å². The van der Waals surface area contributed by atoms with Gasteiger partial charge in [-0.05, 0) is 59.1 Å². The molecule has 66 heavy (non-hydrogen) atoms. The van der Waals surface area contributed by atoms with E-state index in [1.165, 1.54) is 14.2 Å². The predicted molar refractivity (Wildman–Crippen MR) is 249 cm³/mol. The third-order valence-electron chi connectivity index (χ3n) is 12.5. The Labute approximate surface area is 382 Å². The molecule has 2 aliphatic heterocycles. The molecular formula is C52H50N8O6. The molecule has 0 unspecified atom stereocenters. The lowest BCUT2D eigenvalue weighted by molar-refractivity contribution is -0.135. The van der Waals surface area contributed by atoms with Gasteiger partial charge < -0.3 is 39.9 Å². The molecule has 4 amide bonds. The molecule has 4 atom stereocenters. The number of nitrogens with zero attached hydrogens (tertiary/aromatic N) is 4. The Kier molecular flexibility index (Phi) is 12.7. The highest BCUT2D eigenvalue weighted by Crippen LogP contribution is 2.36. The lowest BCUT2D eigenvalue weighted by Crippen LogP contribution is -2.42. The van der Waals surface area contributed by atoms with Gasteiger partial charge >= 0.3 is 12.2 Å². The van der Waals surface area contributed by atoms with Gasteiger partial charge in [-0.15, -0.1) is 0 Å². The summed E-state index contributed by atoms with van der Waals surface area (Å²) in [6.45, 7) is 1.11. The molecule has 4 N–H and O–H groups in total. The van der Waals surface area contributed by atoms with Gasteiger partial charge in [0.25, 0.3) is 11.8 Å². The summed E-state index contributed by atoms with van der Waals surface area (Å²) < 4.78 is 9.67. The molecule has 4 heterocycles. The molecule has 2 aromatic heterocycles. The zero-order valence-corrected chi connectivity index (χ0v) is 36.6. The van der Waals surface area contributed by atoms with Gasteiger partial charge in [0, 0.05) is 36.6 Å². The number of ether oxygens (including phenoxy) is 2. The number of aromatic amines is 2. The minimum absolute atomic E-state index is 0.210. The maximum absolute atomic E-state index is 13.9. The second kappa shape index (κ2) is 19.4. The van der Waals surface area contributed by atoms with E-state index >= 15 is 0 Å². The standard InChI is InChI=1S/C52H50N8O6/c1-65-51(63)57-45(39-11-5-3-6-12-39)49(61)59-29-9-15-43(59)47-53-31-41(55-47)37-25-21-35(22-26-37)33-17-19-34(20-18-33)36-23-27-38(28-24-36)42-32-54-48(56-42)44-16-10-30-60(44)50(62)46(58-52(64)66-2)40-13-7-4-8-14-40/h3-8,11-14,17-28,31-32,43-46H,9-10,15-16,29-30H2,1-2H3,(H,53,55)(H,54,56)(H,57,63)(H,58,64)/t43-,44-,45+,46+/m0/s1.